The zero-order valence-electron chi connectivity index (χ0n) is 26.9. The molecule has 234 valence electrons. The van der Waals surface area contributed by atoms with Crippen molar-refractivity contribution >= 4 is 113 Å². The number of para-hydroxylation sites is 2. The Morgan fingerprint density at radius 2 is 1.06 bits per heavy atom. The Balaban J connectivity index is 1.25. The highest BCUT2D eigenvalue weighted by molar-refractivity contribution is 7.26. The van der Waals surface area contributed by atoms with Crippen LogP contribution in [0.2, 0.25) is 0 Å². The summed E-state index contributed by atoms with van der Waals surface area (Å²) in [6, 6.07) is 62.5. The second kappa shape index (κ2) is 10.8. The van der Waals surface area contributed by atoms with E-state index >= 15 is 0 Å². The van der Waals surface area contributed by atoms with Crippen molar-refractivity contribution in [1.82, 2.24) is 4.57 Å². The Bertz CT molecular complexity index is 3110. The summed E-state index contributed by atoms with van der Waals surface area (Å²) in [7, 11) is 0. The number of aromatic nitrogens is 1. The van der Waals surface area contributed by atoms with Gasteiger partial charge in [-0.15, -0.1) is 22.7 Å². The summed E-state index contributed by atoms with van der Waals surface area (Å²) in [5.41, 5.74) is 7.07. The highest BCUT2D eigenvalue weighted by Crippen LogP contribution is 2.49. The van der Waals surface area contributed by atoms with Crippen LogP contribution in [0.3, 0.4) is 0 Å². The van der Waals surface area contributed by atoms with Crippen LogP contribution in [0.1, 0.15) is 0 Å². The molecular formula is C46H28N2S2. The third-order valence-electron chi connectivity index (χ3n) is 10.1. The van der Waals surface area contributed by atoms with Gasteiger partial charge in [0, 0.05) is 57.8 Å². The fourth-order valence-electron chi connectivity index (χ4n) is 7.95. The Hall–Kier alpha value is -5.94. The molecule has 0 fully saturated rings. The molecule has 0 atom stereocenters. The second-order valence-corrected chi connectivity index (χ2v) is 15.1. The summed E-state index contributed by atoms with van der Waals surface area (Å²) in [6.45, 7) is 0. The van der Waals surface area contributed by atoms with E-state index in [0.717, 1.165) is 11.4 Å². The van der Waals surface area contributed by atoms with E-state index in [1.165, 1.54) is 84.3 Å². The van der Waals surface area contributed by atoms with Gasteiger partial charge in [0.1, 0.15) is 0 Å². The lowest BCUT2D eigenvalue weighted by molar-refractivity contribution is 1.18. The van der Waals surface area contributed by atoms with Gasteiger partial charge in [-0.1, -0.05) is 97.1 Å². The molecular weight excluding hydrogens is 645 g/mol. The van der Waals surface area contributed by atoms with Gasteiger partial charge in [-0.25, -0.2) is 0 Å². The van der Waals surface area contributed by atoms with Gasteiger partial charge >= 0.3 is 0 Å². The summed E-state index contributed by atoms with van der Waals surface area (Å²) in [4.78, 5) is 2.52. The number of fused-ring (bicyclic) bond motifs is 10. The minimum atomic E-state index is 1.15. The molecule has 11 aromatic rings. The van der Waals surface area contributed by atoms with E-state index in [0.29, 0.717) is 0 Å². The molecule has 4 heteroatoms. The fourth-order valence-corrected chi connectivity index (χ4v) is 10.3. The number of hydrogen-bond donors (Lipinski definition) is 0. The molecule has 3 aromatic heterocycles. The summed E-state index contributed by atoms with van der Waals surface area (Å²) in [5.74, 6) is 0. The van der Waals surface area contributed by atoms with Gasteiger partial charge in [0.2, 0.25) is 0 Å². The first-order valence-corrected chi connectivity index (χ1v) is 18.6. The Kier molecular flexibility index (Phi) is 6.03. The Morgan fingerprint density at radius 1 is 0.400 bits per heavy atom. The normalized spacial score (nSPS) is 12.0. The van der Waals surface area contributed by atoms with Crippen LogP contribution < -0.4 is 4.90 Å². The van der Waals surface area contributed by atoms with E-state index in [4.69, 9.17) is 0 Å². The van der Waals surface area contributed by atoms with Crippen molar-refractivity contribution in [3.8, 4) is 5.69 Å². The van der Waals surface area contributed by atoms with Crippen LogP contribution in [0.4, 0.5) is 17.1 Å². The maximum atomic E-state index is 2.52. The molecule has 0 bridgehead atoms. The highest BCUT2D eigenvalue weighted by Gasteiger charge is 2.24. The average molecular weight is 673 g/mol. The summed E-state index contributed by atoms with van der Waals surface area (Å²) in [6.07, 6.45) is 0. The zero-order chi connectivity index (χ0) is 32.8. The van der Waals surface area contributed by atoms with Crippen molar-refractivity contribution in [3.05, 3.63) is 170 Å². The summed E-state index contributed by atoms with van der Waals surface area (Å²) < 4.78 is 7.63. The fraction of sp³-hybridized carbons (Fsp3) is 0. The quantitative estimate of drug-likeness (QED) is 0.181. The van der Waals surface area contributed by atoms with Gasteiger partial charge in [0.05, 0.1) is 27.1 Å². The zero-order valence-corrected chi connectivity index (χ0v) is 28.5. The molecule has 0 unspecified atom stereocenters. The molecule has 0 saturated heterocycles. The Labute approximate surface area is 296 Å². The van der Waals surface area contributed by atoms with E-state index in [2.05, 4.69) is 179 Å². The lowest BCUT2D eigenvalue weighted by Gasteiger charge is -2.27. The first-order chi connectivity index (χ1) is 24.8. The molecule has 11 rings (SSSR count). The van der Waals surface area contributed by atoms with Crippen molar-refractivity contribution in [2.45, 2.75) is 0 Å². The summed E-state index contributed by atoms with van der Waals surface area (Å²) >= 11 is 3.76. The SMILES string of the molecule is c1ccc(-n2c3ccccc3c3c(N(c4ccc5sc6cc7ccccc7cc6c5c4)c4cccc5c4sc4ccccc45)cccc32)cc1. The van der Waals surface area contributed by atoms with E-state index < -0.39 is 0 Å². The maximum absolute atomic E-state index is 2.52. The third kappa shape index (κ3) is 4.07. The van der Waals surface area contributed by atoms with Crippen molar-refractivity contribution in [2.24, 2.45) is 0 Å². The molecule has 3 heterocycles. The number of anilines is 3. The molecule has 0 spiro atoms. The Morgan fingerprint density at radius 3 is 1.96 bits per heavy atom. The predicted octanol–water partition coefficient (Wildman–Crippen LogP) is 14.1. The lowest BCUT2D eigenvalue weighted by atomic mass is 10.0. The van der Waals surface area contributed by atoms with Crippen LogP contribution >= 0.6 is 22.7 Å². The van der Waals surface area contributed by atoms with Crippen LogP contribution in [0, 0.1) is 0 Å². The van der Waals surface area contributed by atoms with Gasteiger partial charge < -0.3 is 9.47 Å². The van der Waals surface area contributed by atoms with Crippen LogP contribution in [-0.2, 0) is 0 Å². The van der Waals surface area contributed by atoms with E-state index in [1.807, 2.05) is 22.7 Å². The molecule has 0 radical (unpaired) electrons. The minimum absolute atomic E-state index is 1.15. The second-order valence-electron chi connectivity index (χ2n) is 12.9. The first-order valence-electron chi connectivity index (χ1n) is 16.9. The summed E-state index contributed by atoms with van der Waals surface area (Å²) in [5, 5.41) is 10.2. The van der Waals surface area contributed by atoms with Crippen molar-refractivity contribution in [1.29, 1.82) is 0 Å². The molecule has 50 heavy (non-hydrogen) atoms. The molecule has 0 aliphatic rings. The van der Waals surface area contributed by atoms with Gasteiger partial charge in [0.15, 0.2) is 0 Å². The standard InChI is InChI=1S/C46H28N2S2/c1-2-14-31(15-3-1)47-38-19-8-6-17-35(38)45-39(47)20-11-21-40(45)48(41-22-10-18-34-33-16-7-9-23-42(33)50-46(34)41)32-24-25-43-37(28-32)36-26-29-12-4-5-13-30(29)27-44(36)49-43/h1-28H. The number of benzene rings is 8. The molecule has 0 N–H and O–H groups in total. The predicted molar refractivity (Wildman–Crippen MR) is 219 cm³/mol. The maximum Gasteiger partial charge on any atom is 0.0640 e. The molecule has 8 aromatic carbocycles. The number of rotatable bonds is 4. The molecule has 0 aliphatic heterocycles. The van der Waals surface area contributed by atoms with Crippen molar-refractivity contribution in [2.75, 3.05) is 4.90 Å². The van der Waals surface area contributed by atoms with Crippen molar-refractivity contribution < 1.29 is 0 Å². The van der Waals surface area contributed by atoms with E-state index in [9.17, 15) is 0 Å². The monoisotopic (exact) mass is 672 g/mol. The smallest absolute Gasteiger partial charge is 0.0640 e. The highest BCUT2D eigenvalue weighted by atomic mass is 32.1. The molecule has 0 saturated carbocycles. The minimum Gasteiger partial charge on any atom is -0.309 e. The molecule has 0 aliphatic carbocycles. The van der Waals surface area contributed by atoms with E-state index in [1.54, 1.807) is 0 Å². The van der Waals surface area contributed by atoms with Gasteiger partial charge in [-0.3, -0.25) is 0 Å². The van der Waals surface area contributed by atoms with Crippen LogP contribution in [0.25, 0.3) is 78.6 Å². The van der Waals surface area contributed by atoms with Crippen LogP contribution in [0.5, 0.6) is 0 Å². The van der Waals surface area contributed by atoms with Crippen LogP contribution in [0.15, 0.2) is 170 Å². The number of hydrogen-bond acceptors (Lipinski definition) is 3. The molecule has 2 nitrogen and oxygen atoms in total. The van der Waals surface area contributed by atoms with Crippen LogP contribution in [-0.4, -0.2) is 4.57 Å². The van der Waals surface area contributed by atoms with Crippen molar-refractivity contribution in [3.63, 3.8) is 0 Å². The number of nitrogens with zero attached hydrogens (tertiary/aromatic N) is 2. The largest absolute Gasteiger partial charge is 0.309 e. The first kappa shape index (κ1) is 28.0. The van der Waals surface area contributed by atoms with E-state index in [-0.39, 0.29) is 0 Å². The molecule has 0 amide bonds. The van der Waals surface area contributed by atoms with Gasteiger partial charge in [-0.2, -0.15) is 0 Å². The van der Waals surface area contributed by atoms with Gasteiger partial charge in [-0.05, 0) is 83.6 Å². The van der Waals surface area contributed by atoms with Gasteiger partial charge in [0.25, 0.3) is 0 Å². The lowest BCUT2D eigenvalue weighted by Crippen LogP contribution is -2.10. The topological polar surface area (TPSA) is 8.17 Å². The number of thiophene rings is 2. The average Bonchev–Trinajstić information content (AvgIpc) is 3.84. The third-order valence-corrected chi connectivity index (χ3v) is 12.5.